The molecule has 3 rings (SSSR count). The Balaban J connectivity index is 1.72. The van der Waals surface area contributed by atoms with E-state index in [1.807, 2.05) is 30.7 Å². The van der Waals surface area contributed by atoms with Gasteiger partial charge in [-0.3, -0.25) is 9.89 Å². The monoisotopic (exact) mass is 346 g/mol. The van der Waals surface area contributed by atoms with Gasteiger partial charge in [0.25, 0.3) is 0 Å². The average molecular weight is 346 g/mol. The van der Waals surface area contributed by atoms with Gasteiger partial charge in [0.1, 0.15) is 5.01 Å². The number of hydrogen-bond donors (Lipinski definition) is 2. The second-order valence-corrected chi connectivity index (χ2v) is 7.32. The van der Waals surface area contributed by atoms with Crippen molar-refractivity contribution < 1.29 is 4.79 Å². The molecule has 0 aliphatic rings. The first-order valence-corrected chi connectivity index (χ1v) is 9.11. The Morgan fingerprint density at radius 2 is 2.22 bits per heavy atom. The zero-order valence-electron chi connectivity index (χ0n) is 13.0. The first-order chi connectivity index (χ1) is 11.1. The summed E-state index contributed by atoms with van der Waals surface area (Å²) in [6, 6.07) is 4.02. The van der Waals surface area contributed by atoms with Crippen LogP contribution in [-0.2, 0) is 17.6 Å². The SMILES string of the molecule is Cc1n[nH]c(C)c1CC(=O)N[C@H](Cc1cccs1)c1nccs1. The summed E-state index contributed by atoms with van der Waals surface area (Å²) in [5.41, 5.74) is 2.79. The molecule has 0 saturated heterocycles. The minimum atomic E-state index is -0.0892. The van der Waals surface area contributed by atoms with Crippen molar-refractivity contribution in [1.82, 2.24) is 20.5 Å². The predicted octanol–water partition coefficient (Wildman–Crippen LogP) is 3.19. The number of nitrogens with one attached hydrogen (secondary N) is 2. The molecule has 0 saturated carbocycles. The highest BCUT2D eigenvalue weighted by molar-refractivity contribution is 7.10. The number of thiazole rings is 1. The highest BCUT2D eigenvalue weighted by Gasteiger charge is 2.20. The van der Waals surface area contributed by atoms with Crippen molar-refractivity contribution in [2.45, 2.75) is 32.7 Å². The number of amides is 1. The molecule has 7 heteroatoms. The number of rotatable bonds is 6. The second kappa shape index (κ2) is 7.06. The Morgan fingerprint density at radius 1 is 1.35 bits per heavy atom. The van der Waals surface area contributed by atoms with Crippen molar-refractivity contribution in [3.63, 3.8) is 0 Å². The van der Waals surface area contributed by atoms with Crippen molar-refractivity contribution in [3.05, 3.63) is 55.9 Å². The number of thiophene rings is 1. The van der Waals surface area contributed by atoms with Crippen molar-refractivity contribution in [2.75, 3.05) is 0 Å². The summed E-state index contributed by atoms with van der Waals surface area (Å²) in [6.07, 6.45) is 2.87. The molecule has 0 spiro atoms. The number of hydrogen-bond acceptors (Lipinski definition) is 5. The molecule has 0 radical (unpaired) electrons. The molecule has 0 fully saturated rings. The van der Waals surface area contributed by atoms with Gasteiger partial charge in [0, 0.05) is 34.1 Å². The molecular weight excluding hydrogens is 328 g/mol. The summed E-state index contributed by atoms with van der Waals surface area (Å²) in [7, 11) is 0. The number of carbonyl (C=O) groups is 1. The lowest BCUT2D eigenvalue weighted by molar-refractivity contribution is -0.121. The largest absolute Gasteiger partial charge is 0.346 e. The van der Waals surface area contributed by atoms with Crippen molar-refractivity contribution >= 4 is 28.6 Å². The van der Waals surface area contributed by atoms with Crippen molar-refractivity contribution in [1.29, 1.82) is 0 Å². The molecule has 0 aromatic carbocycles. The topological polar surface area (TPSA) is 70.7 Å². The van der Waals surface area contributed by atoms with Crippen LogP contribution in [0.4, 0.5) is 0 Å². The van der Waals surface area contributed by atoms with E-state index in [1.165, 1.54) is 4.88 Å². The van der Waals surface area contributed by atoms with Gasteiger partial charge >= 0.3 is 0 Å². The average Bonchev–Trinajstić information content (AvgIpc) is 3.25. The molecular formula is C16H18N4OS2. The third-order valence-electron chi connectivity index (χ3n) is 3.69. The lowest BCUT2D eigenvalue weighted by atomic mass is 10.1. The fourth-order valence-electron chi connectivity index (χ4n) is 2.48. The molecule has 5 nitrogen and oxygen atoms in total. The minimum absolute atomic E-state index is 0.00523. The molecule has 1 amide bonds. The van der Waals surface area contributed by atoms with Crippen LogP contribution in [-0.4, -0.2) is 21.1 Å². The van der Waals surface area contributed by atoms with E-state index in [4.69, 9.17) is 0 Å². The molecule has 3 heterocycles. The molecule has 120 valence electrons. The van der Waals surface area contributed by atoms with E-state index < -0.39 is 0 Å². The van der Waals surface area contributed by atoms with E-state index in [9.17, 15) is 4.79 Å². The van der Waals surface area contributed by atoms with Gasteiger partial charge in [-0.1, -0.05) is 6.07 Å². The van der Waals surface area contributed by atoms with E-state index in [0.29, 0.717) is 6.42 Å². The molecule has 1 atom stereocenters. The van der Waals surface area contributed by atoms with Gasteiger partial charge < -0.3 is 5.32 Å². The van der Waals surface area contributed by atoms with Gasteiger partial charge in [0.15, 0.2) is 0 Å². The van der Waals surface area contributed by atoms with Gasteiger partial charge in [-0.2, -0.15) is 5.10 Å². The van der Waals surface area contributed by atoms with Crippen LogP contribution >= 0.6 is 22.7 Å². The molecule has 3 aromatic rings. The highest BCUT2D eigenvalue weighted by Crippen LogP contribution is 2.23. The Labute approximate surface area is 142 Å². The summed E-state index contributed by atoms with van der Waals surface area (Å²) in [4.78, 5) is 18.1. The maximum atomic E-state index is 12.5. The van der Waals surface area contributed by atoms with Crippen LogP contribution in [0.3, 0.4) is 0 Å². The van der Waals surface area contributed by atoms with E-state index in [2.05, 4.69) is 26.6 Å². The molecule has 0 aliphatic heterocycles. The number of aromatic nitrogens is 3. The van der Waals surface area contributed by atoms with E-state index in [1.54, 1.807) is 28.9 Å². The van der Waals surface area contributed by atoms with E-state index in [0.717, 1.165) is 28.4 Å². The number of nitrogens with zero attached hydrogens (tertiary/aromatic N) is 2. The summed E-state index contributed by atoms with van der Waals surface area (Å²) in [5.74, 6) is -0.00523. The number of carbonyl (C=O) groups excluding carboxylic acids is 1. The van der Waals surface area contributed by atoms with E-state index >= 15 is 0 Å². The standard InChI is InChI=1S/C16H18N4OS2/c1-10-13(11(2)20-19-10)9-15(21)18-14(16-17-5-7-23-16)8-12-4-3-6-22-12/h3-7,14H,8-9H2,1-2H3,(H,18,21)(H,19,20)/t14-/m1/s1. The second-order valence-electron chi connectivity index (χ2n) is 5.36. The summed E-state index contributed by atoms with van der Waals surface area (Å²) < 4.78 is 0. The third-order valence-corrected chi connectivity index (χ3v) is 5.48. The summed E-state index contributed by atoms with van der Waals surface area (Å²) in [5, 5.41) is 15.1. The first kappa shape index (κ1) is 15.9. The normalized spacial score (nSPS) is 12.3. The van der Waals surface area contributed by atoms with Crippen molar-refractivity contribution in [3.8, 4) is 0 Å². The predicted molar refractivity (Wildman–Crippen MR) is 92.8 cm³/mol. The molecule has 23 heavy (non-hydrogen) atoms. The number of aromatic amines is 1. The minimum Gasteiger partial charge on any atom is -0.346 e. The third kappa shape index (κ3) is 3.86. The van der Waals surface area contributed by atoms with Gasteiger partial charge in [-0.25, -0.2) is 4.98 Å². The van der Waals surface area contributed by atoms with Crippen LogP contribution in [0.5, 0.6) is 0 Å². The van der Waals surface area contributed by atoms with Gasteiger partial charge in [-0.05, 0) is 25.3 Å². The Kier molecular flexibility index (Phi) is 4.88. The zero-order chi connectivity index (χ0) is 16.2. The molecule has 3 aromatic heterocycles. The van der Waals surface area contributed by atoms with Crippen LogP contribution in [0.15, 0.2) is 29.1 Å². The van der Waals surface area contributed by atoms with E-state index in [-0.39, 0.29) is 11.9 Å². The fraction of sp³-hybridized carbons (Fsp3) is 0.312. The quantitative estimate of drug-likeness (QED) is 0.720. The molecule has 0 unspecified atom stereocenters. The molecule has 2 N–H and O–H groups in total. The smallest absolute Gasteiger partial charge is 0.225 e. The Bertz CT molecular complexity index is 743. The Hall–Kier alpha value is -1.99. The van der Waals surface area contributed by atoms with Crippen LogP contribution in [0.2, 0.25) is 0 Å². The maximum Gasteiger partial charge on any atom is 0.225 e. The first-order valence-electron chi connectivity index (χ1n) is 7.35. The summed E-state index contributed by atoms with van der Waals surface area (Å²) >= 11 is 3.27. The van der Waals surface area contributed by atoms with Crippen LogP contribution < -0.4 is 5.32 Å². The molecule has 0 aliphatic carbocycles. The van der Waals surface area contributed by atoms with Gasteiger partial charge in [-0.15, -0.1) is 22.7 Å². The van der Waals surface area contributed by atoms with Crippen LogP contribution in [0.1, 0.15) is 32.9 Å². The lowest BCUT2D eigenvalue weighted by Gasteiger charge is -2.16. The fourth-order valence-corrected chi connectivity index (χ4v) is 3.92. The maximum absolute atomic E-state index is 12.5. The van der Waals surface area contributed by atoms with Crippen LogP contribution in [0, 0.1) is 13.8 Å². The Morgan fingerprint density at radius 3 is 2.83 bits per heavy atom. The number of aryl methyl sites for hydroxylation is 2. The lowest BCUT2D eigenvalue weighted by Crippen LogP contribution is -2.31. The van der Waals surface area contributed by atoms with Gasteiger partial charge in [0.05, 0.1) is 18.2 Å². The van der Waals surface area contributed by atoms with Gasteiger partial charge in [0.2, 0.25) is 5.91 Å². The number of H-pyrrole nitrogens is 1. The van der Waals surface area contributed by atoms with Crippen LogP contribution in [0.25, 0.3) is 0 Å². The summed E-state index contributed by atoms with van der Waals surface area (Å²) in [6.45, 7) is 3.85. The van der Waals surface area contributed by atoms with Crippen molar-refractivity contribution in [2.24, 2.45) is 0 Å². The zero-order valence-corrected chi connectivity index (χ0v) is 14.6. The highest BCUT2D eigenvalue weighted by atomic mass is 32.1. The molecule has 0 bridgehead atoms.